The number of phenols is 1. The van der Waals surface area contributed by atoms with Gasteiger partial charge in [0, 0.05) is 0 Å². The van der Waals surface area contributed by atoms with Crippen molar-refractivity contribution in [3.63, 3.8) is 0 Å². The molecule has 1 N–H and O–H groups in total. The Morgan fingerprint density at radius 2 is 1.92 bits per heavy atom. The quantitative estimate of drug-likeness (QED) is 0.538. The van der Waals surface area contributed by atoms with Crippen LogP contribution in [0.25, 0.3) is 16.7 Å². The van der Waals surface area contributed by atoms with Crippen LogP contribution in [0.5, 0.6) is 5.75 Å². The number of phenolic OH excluding ortho intramolecular Hbond substituents is 1. The van der Waals surface area contributed by atoms with Crippen LogP contribution >= 0.6 is 0 Å². The number of aromatic hydroxyl groups is 1. The van der Waals surface area contributed by atoms with Crippen LogP contribution < -0.4 is 4.85 Å². The van der Waals surface area contributed by atoms with Crippen LogP contribution in [0.2, 0.25) is 0 Å². The largest absolute Gasteiger partial charge is 0.692 e. The van der Waals surface area contributed by atoms with Crippen LogP contribution in [0, 0.1) is 11.1 Å². The van der Waals surface area contributed by atoms with E-state index in [9.17, 15) is 10.3 Å². The molecule has 0 amide bonds. The SMILES string of the molecule is CCC(C)CCC(C)c1ccc(O)c(-n2nc3ccccc3[n+]2[O-])c1. The van der Waals surface area contributed by atoms with Gasteiger partial charge in [0.1, 0.15) is 5.75 Å². The zero-order chi connectivity index (χ0) is 18.0. The summed E-state index contributed by atoms with van der Waals surface area (Å²) in [6.45, 7) is 6.66. The number of fused-ring (bicyclic) bond motifs is 1. The molecule has 1 heterocycles. The molecule has 0 aliphatic rings. The van der Waals surface area contributed by atoms with Crippen molar-refractivity contribution in [1.29, 1.82) is 0 Å². The van der Waals surface area contributed by atoms with Gasteiger partial charge in [-0.05, 0) is 52.9 Å². The highest BCUT2D eigenvalue weighted by Gasteiger charge is 2.19. The molecule has 3 aromatic rings. The Morgan fingerprint density at radius 1 is 1.16 bits per heavy atom. The van der Waals surface area contributed by atoms with Crippen LogP contribution in [-0.2, 0) is 0 Å². The summed E-state index contributed by atoms with van der Waals surface area (Å²) in [6, 6.07) is 12.6. The van der Waals surface area contributed by atoms with E-state index in [-0.39, 0.29) is 5.75 Å². The number of rotatable bonds is 6. The van der Waals surface area contributed by atoms with Crippen molar-refractivity contribution in [1.82, 2.24) is 9.90 Å². The van der Waals surface area contributed by atoms with E-state index in [1.807, 2.05) is 18.2 Å². The molecule has 3 rings (SSSR count). The second-order valence-corrected chi connectivity index (χ2v) is 6.89. The van der Waals surface area contributed by atoms with Gasteiger partial charge in [0.15, 0.2) is 5.69 Å². The molecule has 5 nitrogen and oxygen atoms in total. The topological polar surface area (TPSA) is 65.0 Å². The summed E-state index contributed by atoms with van der Waals surface area (Å²) in [4.78, 5) is 1.95. The molecule has 0 saturated heterocycles. The van der Waals surface area contributed by atoms with Gasteiger partial charge in [0.05, 0.1) is 5.10 Å². The molecule has 0 radical (unpaired) electrons. The Labute approximate surface area is 148 Å². The first-order chi connectivity index (χ1) is 12.0. The van der Waals surface area contributed by atoms with E-state index in [0.717, 1.165) is 16.8 Å². The second kappa shape index (κ2) is 7.13. The second-order valence-electron chi connectivity index (χ2n) is 6.89. The molecule has 0 fully saturated rings. The Kier molecular flexibility index (Phi) is 4.93. The van der Waals surface area contributed by atoms with E-state index in [0.29, 0.717) is 28.6 Å². The molecule has 2 atom stereocenters. The van der Waals surface area contributed by atoms with E-state index >= 15 is 0 Å². The Morgan fingerprint density at radius 3 is 2.64 bits per heavy atom. The zero-order valence-electron chi connectivity index (χ0n) is 15.0. The van der Waals surface area contributed by atoms with E-state index in [2.05, 4.69) is 25.9 Å². The van der Waals surface area contributed by atoms with Gasteiger partial charge in [0.25, 0.3) is 0 Å². The number of para-hydroxylation sites is 1. The van der Waals surface area contributed by atoms with Gasteiger partial charge < -0.3 is 10.3 Å². The fraction of sp³-hybridized carbons (Fsp3) is 0.400. The normalized spacial score (nSPS) is 13.9. The summed E-state index contributed by atoms with van der Waals surface area (Å²) >= 11 is 0. The average Bonchev–Trinajstić information content (AvgIpc) is 2.96. The highest BCUT2D eigenvalue weighted by atomic mass is 16.5. The molecule has 2 unspecified atom stereocenters. The van der Waals surface area contributed by atoms with Gasteiger partial charge in [-0.3, -0.25) is 0 Å². The van der Waals surface area contributed by atoms with Crippen molar-refractivity contribution < 1.29 is 9.95 Å². The minimum Gasteiger partial charge on any atom is -0.692 e. The highest BCUT2D eigenvalue weighted by molar-refractivity contribution is 5.70. The molecule has 0 bridgehead atoms. The molecule has 25 heavy (non-hydrogen) atoms. The van der Waals surface area contributed by atoms with Crippen LogP contribution in [0.1, 0.15) is 51.5 Å². The van der Waals surface area contributed by atoms with Crippen molar-refractivity contribution >= 4 is 11.0 Å². The third-order valence-electron chi connectivity index (χ3n) is 5.04. The van der Waals surface area contributed by atoms with Crippen molar-refractivity contribution in [2.75, 3.05) is 0 Å². The van der Waals surface area contributed by atoms with Gasteiger partial charge in [0.2, 0.25) is 11.0 Å². The molecule has 1 aromatic heterocycles. The van der Waals surface area contributed by atoms with Crippen LogP contribution in [0.15, 0.2) is 42.5 Å². The van der Waals surface area contributed by atoms with Gasteiger partial charge in [-0.1, -0.05) is 51.8 Å². The lowest BCUT2D eigenvalue weighted by atomic mass is 9.91. The fourth-order valence-electron chi connectivity index (χ4n) is 3.02. The third-order valence-corrected chi connectivity index (χ3v) is 5.04. The van der Waals surface area contributed by atoms with Crippen LogP contribution in [-0.4, -0.2) is 15.0 Å². The number of aromatic nitrogens is 3. The lowest BCUT2D eigenvalue weighted by Gasteiger charge is -2.16. The fourth-order valence-corrected chi connectivity index (χ4v) is 3.02. The van der Waals surface area contributed by atoms with Gasteiger partial charge in [-0.25, -0.2) is 0 Å². The number of nitrogens with zero attached hydrogens (tertiary/aromatic N) is 3. The molecule has 0 saturated carbocycles. The molecule has 2 aromatic carbocycles. The van der Waals surface area contributed by atoms with Crippen molar-refractivity contribution in [3.8, 4) is 11.4 Å². The van der Waals surface area contributed by atoms with Crippen molar-refractivity contribution in [2.24, 2.45) is 5.92 Å². The summed E-state index contributed by atoms with van der Waals surface area (Å²) < 4.78 is 0. The highest BCUT2D eigenvalue weighted by Crippen LogP contribution is 2.29. The first-order valence-electron chi connectivity index (χ1n) is 8.92. The number of benzene rings is 2. The van der Waals surface area contributed by atoms with Crippen LogP contribution in [0.3, 0.4) is 0 Å². The maximum atomic E-state index is 12.5. The predicted octanol–water partition coefficient (Wildman–Crippen LogP) is 4.29. The van der Waals surface area contributed by atoms with Crippen molar-refractivity contribution in [3.05, 3.63) is 53.2 Å². The lowest BCUT2D eigenvalue weighted by molar-refractivity contribution is -0.664. The zero-order valence-corrected chi connectivity index (χ0v) is 15.0. The Balaban J connectivity index is 1.95. The first-order valence-corrected chi connectivity index (χ1v) is 8.92. The number of hydrogen-bond acceptors (Lipinski definition) is 3. The maximum Gasteiger partial charge on any atom is 0.250 e. The third kappa shape index (κ3) is 3.45. The molecule has 0 aliphatic heterocycles. The average molecular weight is 339 g/mol. The smallest absolute Gasteiger partial charge is 0.250 e. The van der Waals surface area contributed by atoms with Crippen molar-refractivity contribution in [2.45, 2.75) is 46.0 Å². The minimum absolute atomic E-state index is 0.0512. The Hall–Kier alpha value is -2.56. The molecule has 5 heteroatoms. The molecule has 132 valence electrons. The number of hydrogen-bond donors (Lipinski definition) is 1. The first kappa shape index (κ1) is 17.3. The standard InChI is InChI=1S/C20H25N3O2/c1-4-14(2)9-10-15(3)16-11-12-20(24)19(13-16)22-21-17-7-5-6-8-18(17)23(22)25/h5-8,11-15,24H,4,9-10H2,1-3H3. The van der Waals surface area contributed by atoms with E-state index in [1.165, 1.54) is 17.6 Å². The van der Waals surface area contributed by atoms with Gasteiger partial charge in [-0.2, -0.15) is 0 Å². The Bertz CT molecular complexity index is 873. The van der Waals surface area contributed by atoms with E-state index in [1.54, 1.807) is 24.3 Å². The molecule has 0 aliphatic carbocycles. The summed E-state index contributed by atoms with van der Waals surface area (Å²) in [5.74, 6) is 1.12. The summed E-state index contributed by atoms with van der Waals surface area (Å²) in [6.07, 6.45) is 3.43. The van der Waals surface area contributed by atoms with Gasteiger partial charge >= 0.3 is 0 Å². The molecular weight excluding hydrogens is 314 g/mol. The minimum atomic E-state index is 0.0512. The summed E-state index contributed by atoms with van der Waals surface area (Å²) in [7, 11) is 0. The predicted molar refractivity (Wildman–Crippen MR) is 98.8 cm³/mol. The molecular formula is C20H25N3O2. The monoisotopic (exact) mass is 339 g/mol. The van der Waals surface area contributed by atoms with E-state index in [4.69, 9.17) is 0 Å². The lowest BCUT2D eigenvalue weighted by Crippen LogP contribution is -2.37. The summed E-state index contributed by atoms with van der Waals surface area (Å²) in [5, 5.41) is 27.1. The maximum absolute atomic E-state index is 12.5. The van der Waals surface area contributed by atoms with E-state index < -0.39 is 0 Å². The molecule has 0 spiro atoms. The van der Waals surface area contributed by atoms with Gasteiger partial charge in [-0.15, -0.1) is 4.85 Å². The van der Waals surface area contributed by atoms with Crippen LogP contribution in [0.4, 0.5) is 0 Å². The summed E-state index contributed by atoms with van der Waals surface area (Å²) in [5.41, 5.74) is 2.61.